The lowest BCUT2D eigenvalue weighted by molar-refractivity contribution is 0.589. The molecule has 0 N–H and O–H groups in total. The summed E-state index contributed by atoms with van der Waals surface area (Å²) in [5, 5.41) is 0.107. The SMILES string of the molecule is Cc1ccc(S(=O)(=O)n2ccc3ncnc(Cl)c32)cc1. The summed E-state index contributed by atoms with van der Waals surface area (Å²) in [6.45, 7) is 1.90. The molecule has 102 valence electrons. The van der Waals surface area contributed by atoms with Crippen LogP contribution in [0.25, 0.3) is 11.0 Å². The maximum atomic E-state index is 12.6. The van der Waals surface area contributed by atoms with E-state index in [1.807, 2.05) is 6.92 Å². The number of halogens is 1. The van der Waals surface area contributed by atoms with Crippen LogP contribution >= 0.6 is 11.6 Å². The van der Waals surface area contributed by atoms with E-state index in [0.29, 0.717) is 5.52 Å². The van der Waals surface area contributed by atoms with Crippen LogP contribution in [0, 0.1) is 6.92 Å². The highest BCUT2D eigenvalue weighted by Crippen LogP contribution is 2.25. The molecule has 0 unspecified atom stereocenters. The van der Waals surface area contributed by atoms with E-state index in [1.165, 1.54) is 12.5 Å². The van der Waals surface area contributed by atoms with Crippen molar-refractivity contribution < 1.29 is 8.42 Å². The summed E-state index contributed by atoms with van der Waals surface area (Å²) >= 11 is 5.99. The zero-order valence-electron chi connectivity index (χ0n) is 10.5. The first-order valence-electron chi connectivity index (χ1n) is 5.80. The zero-order valence-corrected chi connectivity index (χ0v) is 12.1. The van der Waals surface area contributed by atoms with E-state index in [2.05, 4.69) is 9.97 Å². The van der Waals surface area contributed by atoms with Crippen molar-refractivity contribution in [2.45, 2.75) is 11.8 Å². The van der Waals surface area contributed by atoms with Crippen LogP contribution in [0.1, 0.15) is 5.56 Å². The highest BCUT2D eigenvalue weighted by Gasteiger charge is 2.20. The molecule has 0 aliphatic rings. The monoisotopic (exact) mass is 307 g/mol. The van der Waals surface area contributed by atoms with Crippen LogP contribution < -0.4 is 0 Å². The Balaban J connectivity index is 2.27. The Bertz CT molecular complexity index is 886. The Morgan fingerprint density at radius 2 is 1.80 bits per heavy atom. The summed E-state index contributed by atoms with van der Waals surface area (Å²) in [5.41, 5.74) is 1.76. The number of rotatable bonds is 2. The van der Waals surface area contributed by atoms with Gasteiger partial charge in [-0.2, -0.15) is 0 Å². The second kappa shape index (κ2) is 4.57. The molecule has 0 saturated carbocycles. The predicted molar refractivity (Wildman–Crippen MR) is 76.3 cm³/mol. The largest absolute Gasteiger partial charge is 0.268 e. The number of nitrogens with zero attached hydrogens (tertiary/aromatic N) is 3. The van der Waals surface area contributed by atoms with Crippen molar-refractivity contribution in [3.05, 3.63) is 53.6 Å². The van der Waals surface area contributed by atoms with Gasteiger partial charge in [0.05, 0.1) is 10.4 Å². The third kappa shape index (κ3) is 1.97. The maximum absolute atomic E-state index is 12.6. The van der Waals surface area contributed by atoms with Gasteiger partial charge in [0.1, 0.15) is 11.8 Å². The van der Waals surface area contributed by atoms with Gasteiger partial charge in [0.25, 0.3) is 10.0 Å². The van der Waals surface area contributed by atoms with Crippen molar-refractivity contribution in [2.75, 3.05) is 0 Å². The number of aromatic nitrogens is 3. The molecule has 0 aliphatic carbocycles. The van der Waals surface area contributed by atoms with Crippen LogP contribution in [0.4, 0.5) is 0 Å². The van der Waals surface area contributed by atoms with Gasteiger partial charge >= 0.3 is 0 Å². The molecule has 2 aromatic heterocycles. The van der Waals surface area contributed by atoms with E-state index < -0.39 is 10.0 Å². The standard InChI is InChI=1S/C13H10ClN3O2S/c1-9-2-4-10(5-3-9)20(18,19)17-7-6-11-12(17)13(14)16-8-15-11/h2-8H,1H3. The fourth-order valence-electron chi connectivity index (χ4n) is 1.93. The van der Waals surface area contributed by atoms with Crippen molar-refractivity contribution in [1.82, 2.24) is 13.9 Å². The number of hydrogen-bond acceptors (Lipinski definition) is 4. The number of aryl methyl sites for hydroxylation is 1. The van der Waals surface area contributed by atoms with Crippen molar-refractivity contribution >= 4 is 32.7 Å². The minimum Gasteiger partial charge on any atom is -0.236 e. The molecule has 1 aromatic carbocycles. The zero-order chi connectivity index (χ0) is 14.3. The van der Waals surface area contributed by atoms with Gasteiger partial charge in [0.15, 0.2) is 5.15 Å². The van der Waals surface area contributed by atoms with Crippen molar-refractivity contribution in [3.8, 4) is 0 Å². The fourth-order valence-corrected chi connectivity index (χ4v) is 3.56. The molecule has 7 heteroatoms. The smallest absolute Gasteiger partial charge is 0.236 e. The fraction of sp³-hybridized carbons (Fsp3) is 0.0769. The minimum absolute atomic E-state index is 0.107. The maximum Gasteiger partial charge on any atom is 0.268 e. The number of benzene rings is 1. The lowest BCUT2D eigenvalue weighted by Crippen LogP contribution is -2.12. The molecule has 0 spiro atoms. The molecule has 0 fully saturated rings. The third-order valence-corrected chi connectivity index (χ3v) is 4.94. The first-order chi connectivity index (χ1) is 9.50. The highest BCUT2D eigenvalue weighted by atomic mass is 35.5. The van der Waals surface area contributed by atoms with Crippen LogP contribution in [0.3, 0.4) is 0 Å². The molecule has 20 heavy (non-hydrogen) atoms. The highest BCUT2D eigenvalue weighted by molar-refractivity contribution is 7.90. The average Bonchev–Trinajstić information content (AvgIpc) is 2.85. The predicted octanol–water partition coefficient (Wildman–Crippen LogP) is 2.63. The quantitative estimate of drug-likeness (QED) is 0.683. The first-order valence-corrected chi connectivity index (χ1v) is 7.62. The minimum atomic E-state index is -3.71. The first kappa shape index (κ1) is 13.1. The summed E-state index contributed by atoms with van der Waals surface area (Å²) in [5.74, 6) is 0. The molecule has 5 nitrogen and oxygen atoms in total. The average molecular weight is 308 g/mol. The normalized spacial score (nSPS) is 11.9. The summed E-state index contributed by atoms with van der Waals surface area (Å²) in [7, 11) is -3.71. The topological polar surface area (TPSA) is 64.8 Å². The van der Waals surface area contributed by atoms with Crippen molar-refractivity contribution in [1.29, 1.82) is 0 Å². The molecule has 3 rings (SSSR count). The third-order valence-electron chi connectivity index (χ3n) is 2.97. The van der Waals surface area contributed by atoms with Crippen LogP contribution in [-0.4, -0.2) is 22.4 Å². The molecule has 0 amide bonds. The van der Waals surface area contributed by atoms with Crippen LogP contribution in [-0.2, 0) is 10.0 Å². The van der Waals surface area contributed by atoms with Gasteiger partial charge in [0, 0.05) is 6.20 Å². The second-order valence-corrected chi connectivity index (χ2v) is 6.50. The lowest BCUT2D eigenvalue weighted by atomic mass is 10.2. The van der Waals surface area contributed by atoms with Crippen LogP contribution in [0.15, 0.2) is 47.8 Å². The Kier molecular flexibility index (Phi) is 2.99. The van der Waals surface area contributed by atoms with Crippen LogP contribution in [0.5, 0.6) is 0 Å². The van der Waals surface area contributed by atoms with E-state index in [1.54, 1.807) is 30.3 Å². The van der Waals surface area contributed by atoms with E-state index in [4.69, 9.17) is 11.6 Å². The van der Waals surface area contributed by atoms with E-state index in [0.717, 1.165) is 9.54 Å². The summed E-state index contributed by atoms with van der Waals surface area (Å²) < 4.78 is 26.3. The molecule has 0 radical (unpaired) electrons. The Labute approximate surface area is 120 Å². The molecule has 2 heterocycles. The molecule has 3 aromatic rings. The number of fused-ring (bicyclic) bond motifs is 1. The van der Waals surface area contributed by atoms with Gasteiger partial charge in [-0.25, -0.2) is 22.4 Å². The van der Waals surface area contributed by atoms with E-state index >= 15 is 0 Å². The summed E-state index contributed by atoms with van der Waals surface area (Å²) in [4.78, 5) is 8.03. The number of hydrogen-bond donors (Lipinski definition) is 0. The van der Waals surface area contributed by atoms with Gasteiger partial charge < -0.3 is 0 Å². The van der Waals surface area contributed by atoms with Gasteiger partial charge in [-0.3, -0.25) is 0 Å². The molecule has 0 saturated heterocycles. The van der Waals surface area contributed by atoms with Crippen molar-refractivity contribution in [3.63, 3.8) is 0 Å². The molecule has 0 atom stereocenters. The summed E-state index contributed by atoms with van der Waals surface area (Å²) in [6.07, 6.45) is 2.73. The summed E-state index contributed by atoms with van der Waals surface area (Å²) in [6, 6.07) is 8.21. The molecule has 0 aliphatic heterocycles. The van der Waals surface area contributed by atoms with E-state index in [9.17, 15) is 8.42 Å². The Morgan fingerprint density at radius 1 is 1.10 bits per heavy atom. The van der Waals surface area contributed by atoms with Gasteiger partial charge in [-0.1, -0.05) is 29.3 Å². The Morgan fingerprint density at radius 3 is 2.50 bits per heavy atom. The van der Waals surface area contributed by atoms with Gasteiger partial charge in [-0.05, 0) is 25.1 Å². The lowest BCUT2D eigenvalue weighted by Gasteiger charge is -2.08. The van der Waals surface area contributed by atoms with Crippen LogP contribution in [0.2, 0.25) is 5.15 Å². The van der Waals surface area contributed by atoms with Crippen molar-refractivity contribution in [2.24, 2.45) is 0 Å². The van der Waals surface area contributed by atoms with Gasteiger partial charge in [0.2, 0.25) is 0 Å². The van der Waals surface area contributed by atoms with E-state index in [-0.39, 0.29) is 15.6 Å². The molecular formula is C13H10ClN3O2S. The second-order valence-electron chi connectivity index (χ2n) is 4.33. The molecular weight excluding hydrogens is 298 g/mol. The Hall–Kier alpha value is -1.92. The van der Waals surface area contributed by atoms with Gasteiger partial charge in [-0.15, -0.1) is 0 Å². The molecule has 0 bridgehead atoms.